The number of aliphatic hydroxyl groups is 1. The first kappa shape index (κ1) is 14.6. The van der Waals surface area contributed by atoms with E-state index in [0.29, 0.717) is 17.0 Å². The molecule has 0 aliphatic rings. The third kappa shape index (κ3) is 5.12. The molecule has 1 atom stereocenters. The smallest absolute Gasteiger partial charge is 0.0913 e. The molecule has 0 amide bonds. The summed E-state index contributed by atoms with van der Waals surface area (Å²) in [5.74, 6) is 6.09. The lowest BCUT2D eigenvalue weighted by Gasteiger charge is -2.11. The van der Waals surface area contributed by atoms with Crippen LogP contribution in [0, 0.1) is 17.3 Å². The molecule has 17 heavy (non-hydrogen) atoms. The van der Waals surface area contributed by atoms with Gasteiger partial charge < -0.3 is 5.11 Å². The molecule has 1 rings (SSSR count). The predicted molar refractivity (Wildman–Crippen MR) is 76.0 cm³/mol. The summed E-state index contributed by atoms with van der Waals surface area (Å²) in [6.45, 7) is 6.12. The Balaban J connectivity index is 2.79. The van der Waals surface area contributed by atoms with Gasteiger partial charge in [0.05, 0.1) is 6.10 Å². The number of rotatable bonds is 2. The van der Waals surface area contributed by atoms with Crippen molar-refractivity contribution in [1.29, 1.82) is 0 Å². The van der Waals surface area contributed by atoms with E-state index in [9.17, 15) is 5.11 Å². The van der Waals surface area contributed by atoms with E-state index in [-0.39, 0.29) is 5.41 Å². The molecule has 0 aromatic heterocycles. The van der Waals surface area contributed by atoms with Crippen molar-refractivity contribution < 1.29 is 5.11 Å². The highest BCUT2D eigenvalue weighted by Crippen LogP contribution is 2.28. The van der Waals surface area contributed by atoms with Gasteiger partial charge in [0.2, 0.25) is 0 Å². The third-order valence-electron chi connectivity index (χ3n) is 2.08. The molecule has 1 aromatic rings. The molecule has 0 fully saturated rings. The van der Waals surface area contributed by atoms with Crippen molar-refractivity contribution in [3.63, 3.8) is 0 Å². The fourth-order valence-corrected chi connectivity index (χ4v) is 1.92. The second kappa shape index (κ2) is 5.91. The summed E-state index contributed by atoms with van der Waals surface area (Å²) in [7, 11) is 0. The van der Waals surface area contributed by atoms with Gasteiger partial charge >= 0.3 is 0 Å². The molecule has 1 N–H and O–H groups in total. The SMILES string of the molecule is CC(C)(C)C#CCC(O)c1cc(Br)ccc1Cl. The van der Waals surface area contributed by atoms with Crippen molar-refractivity contribution in [3.05, 3.63) is 33.3 Å². The average Bonchev–Trinajstić information content (AvgIpc) is 2.19. The van der Waals surface area contributed by atoms with Crippen molar-refractivity contribution in [2.75, 3.05) is 0 Å². The fraction of sp³-hybridized carbons (Fsp3) is 0.429. The lowest BCUT2D eigenvalue weighted by Crippen LogP contribution is -2.01. The Labute approximate surface area is 116 Å². The maximum Gasteiger partial charge on any atom is 0.0913 e. The molecule has 0 aliphatic heterocycles. The minimum absolute atomic E-state index is 0.0409. The van der Waals surface area contributed by atoms with Gasteiger partial charge in [-0.05, 0) is 39.0 Å². The van der Waals surface area contributed by atoms with Crippen molar-refractivity contribution in [1.82, 2.24) is 0 Å². The zero-order valence-electron chi connectivity index (χ0n) is 10.2. The zero-order valence-corrected chi connectivity index (χ0v) is 12.6. The number of aliphatic hydroxyl groups excluding tert-OH is 1. The molecule has 3 heteroatoms. The Hall–Kier alpha value is -0.490. The van der Waals surface area contributed by atoms with E-state index >= 15 is 0 Å². The van der Waals surface area contributed by atoms with Gasteiger partial charge in [0.1, 0.15) is 0 Å². The van der Waals surface area contributed by atoms with Crippen molar-refractivity contribution >= 4 is 27.5 Å². The predicted octanol–water partition coefficient (Wildman–Crippen LogP) is 4.58. The number of hydrogen-bond donors (Lipinski definition) is 1. The van der Waals surface area contributed by atoms with Gasteiger partial charge in [-0.15, -0.1) is 0 Å². The Kier molecular flexibility index (Phi) is 5.06. The van der Waals surface area contributed by atoms with E-state index in [1.807, 2.05) is 32.9 Å². The van der Waals surface area contributed by atoms with Gasteiger partial charge in [0, 0.05) is 26.9 Å². The summed E-state index contributed by atoms with van der Waals surface area (Å²) >= 11 is 9.39. The molecule has 0 heterocycles. The molecule has 0 radical (unpaired) electrons. The minimum Gasteiger partial charge on any atom is -0.387 e. The summed E-state index contributed by atoms with van der Waals surface area (Å²) in [5.41, 5.74) is 0.671. The highest BCUT2D eigenvalue weighted by atomic mass is 79.9. The Morgan fingerprint density at radius 1 is 1.41 bits per heavy atom. The minimum atomic E-state index is -0.644. The molecule has 0 saturated carbocycles. The third-order valence-corrected chi connectivity index (χ3v) is 2.91. The van der Waals surface area contributed by atoms with Crippen LogP contribution in [0.2, 0.25) is 5.02 Å². The summed E-state index contributed by atoms with van der Waals surface area (Å²) in [4.78, 5) is 0. The van der Waals surface area contributed by atoms with Crippen molar-refractivity contribution in [2.45, 2.75) is 33.3 Å². The summed E-state index contributed by atoms with van der Waals surface area (Å²) < 4.78 is 0.903. The van der Waals surface area contributed by atoms with E-state index in [1.165, 1.54) is 0 Å². The van der Waals surface area contributed by atoms with Gasteiger partial charge in [0.25, 0.3) is 0 Å². The van der Waals surface area contributed by atoms with Gasteiger partial charge in [-0.25, -0.2) is 0 Å². The first-order valence-electron chi connectivity index (χ1n) is 5.42. The molecule has 0 saturated heterocycles. The highest BCUT2D eigenvalue weighted by Gasteiger charge is 2.11. The first-order valence-corrected chi connectivity index (χ1v) is 6.60. The Bertz CT molecular complexity index is 452. The molecular weight excluding hydrogens is 300 g/mol. The molecule has 0 spiro atoms. The monoisotopic (exact) mass is 314 g/mol. The second-order valence-electron chi connectivity index (χ2n) is 4.94. The van der Waals surface area contributed by atoms with Crippen LogP contribution in [0.5, 0.6) is 0 Å². The molecule has 1 unspecified atom stereocenters. The van der Waals surface area contributed by atoms with Crippen LogP contribution < -0.4 is 0 Å². The van der Waals surface area contributed by atoms with E-state index in [1.54, 1.807) is 6.07 Å². The van der Waals surface area contributed by atoms with Crippen molar-refractivity contribution in [3.8, 4) is 11.8 Å². The number of halogens is 2. The van der Waals surface area contributed by atoms with Crippen LogP contribution in [0.3, 0.4) is 0 Å². The van der Waals surface area contributed by atoms with Gasteiger partial charge in [0.15, 0.2) is 0 Å². The maximum absolute atomic E-state index is 10.0. The van der Waals surface area contributed by atoms with Crippen LogP contribution in [-0.2, 0) is 0 Å². The van der Waals surface area contributed by atoms with E-state index in [2.05, 4.69) is 27.8 Å². The van der Waals surface area contributed by atoms with Crippen LogP contribution >= 0.6 is 27.5 Å². The molecular formula is C14H16BrClO. The topological polar surface area (TPSA) is 20.2 Å². The summed E-state index contributed by atoms with van der Waals surface area (Å²) in [5, 5.41) is 10.6. The highest BCUT2D eigenvalue weighted by molar-refractivity contribution is 9.10. The van der Waals surface area contributed by atoms with Gasteiger partial charge in [-0.1, -0.05) is 39.4 Å². The summed E-state index contributed by atoms with van der Waals surface area (Å²) in [6.07, 6.45) is -0.247. The van der Waals surface area contributed by atoms with Gasteiger partial charge in [-0.3, -0.25) is 0 Å². The van der Waals surface area contributed by atoms with E-state index < -0.39 is 6.10 Å². The Morgan fingerprint density at radius 2 is 2.06 bits per heavy atom. The molecule has 92 valence electrons. The molecule has 0 bridgehead atoms. The number of hydrogen-bond acceptors (Lipinski definition) is 1. The van der Waals surface area contributed by atoms with Crippen LogP contribution in [-0.4, -0.2) is 5.11 Å². The molecule has 1 nitrogen and oxygen atoms in total. The zero-order chi connectivity index (χ0) is 13.1. The normalized spacial score (nSPS) is 12.8. The lowest BCUT2D eigenvalue weighted by atomic mass is 9.97. The number of benzene rings is 1. The van der Waals surface area contributed by atoms with Crippen LogP contribution in [0.1, 0.15) is 38.9 Å². The second-order valence-corrected chi connectivity index (χ2v) is 6.26. The van der Waals surface area contributed by atoms with Crippen LogP contribution in [0.25, 0.3) is 0 Å². The van der Waals surface area contributed by atoms with Crippen LogP contribution in [0.4, 0.5) is 0 Å². The lowest BCUT2D eigenvalue weighted by molar-refractivity contribution is 0.184. The standard InChI is InChI=1S/C14H16BrClO/c1-14(2,3)8-4-5-13(17)11-9-10(15)6-7-12(11)16/h6-7,9,13,17H,5H2,1-3H3. The van der Waals surface area contributed by atoms with Gasteiger partial charge in [-0.2, -0.15) is 0 Å². The summed E-state index contributed by atoms with van der Waals surface area (Å²) in [6, 6.07) is 5.44. The van der Waals surface area contributed by atoms with Crippen LogP contribution in [0.15, 0.2) is 22.7 Å². The quantitative estimate of drug-likeness (QED) is 0.792. The first-order chi connectivity index (χ1) is 7.79. The van der Waals surface area contributed by atoms with Crippen molar-refractivity contribution in [2.24, 2.45) is 5.41 Å². The Morgan fingerprint density at radius 3 is 2.65 bits per heavy atom. The largest absolute Gasteiger partial charge is 0.387 e. The average molecular weight is 316 g/mol. The maximum atomic E-state index is 10.0. The van der Waals surface area contributed by atoms with E-state index in [4.69, 9.17) is 11.6 Å². The fourth-order valence-electron chi connectivity index (χ4n) is 1.29. The molecule has 1 aromatic carbocycles. The molecule has 0 aliphatic carbocycles. The van der Waals surface area contributed by atoms with E-state index in [0.717, 1.165) is 4.47 Å².